The molecule has 10 nitrogen and oxygen atoms in total. The van der Waals surface area contributed by atoms with Crippen molar-refractivity contribution in [2.24, 2.45) is 7.05 Å². The normalized spacial score (nSPS) is 15.8. The maximum atomic E-state index is 5.82. The van der Waals surface area contributed by atoms with Crippen LogP contribution in [0.3, 0.4) is 0 Å². The lowest BCUT2D eigenvalue weighted by molar-refractivity contribution is 0.261. The number of nitrogens with zero attached hydrogens (tertiary/aromatic N) is 8. The Bertz CT molecular complexity index is 1120. The molecule has 10 heteroatoms. The second-order valence-electron chi connectivity index (χ2n) is 7.09. The van der Waals surface area contributed by atoms with Crippen LogP contribution in [0.5, 0.6) is 5.75 Å². The van der Waals surface area contributed by atoms with Crippen LogP contribution in [0, 0.1) is 0 Å². The van der Waals surface area contributed by atoms with E-state index in [0.29, 0.717) is 28.6 Å². The molecule has 0 radical (unpaired) electrons. The van der Waals surface area contributed by atoms with Gasteiger partial charge >= 0.3 is 0 Å². The average molecular weight is 366 g/mol. The van der Waals surface area contributed by atoms with Crippen molar-refractivity contribution >= 4 is 5.65 Å². The summed E-state index contributed by atoms with van der Waals surface area (Å²) in [6.45, 7) is 2.22. The Kier molecular flexibility index (Phi) is 3.30. The van der Waals surface area contributed by atoms with E-state index < -0.39 is 0 Å². The Morgan fingerprint density at radius 1 is 1.19 bits per heavy atom. The van der Waals surface area contributed by atoms with E-state index in [1.165, 1.54) is 12.7 Å². The number of fused-ring (bicyclic) bond motifs is 1. The molecule has 0 unspecified atom stereocenters. The van der Waals surface area contributed by atoms with E-state index in [1.807, 2.05) is 13.2 Å². The first-order chi connectivity index (χ1) is 13.1. The third-order valence-electron chi connectivity index (χ3n) is 5.28. The molecule has 138 valence electrons. The predicted molar refractivity (Wildman–Crippen MR) is 94.0 cm³/mol. The van der Waals surface area contributed by atoms with Gasteiger partial charge in [-0.3, -0.25) is 4.68 Å². The monoisotopic (exact) mass is 366 g/mol. The Labute approximate surface area is 154 Å². The summed E-state index contributed by atoms with van der Waals surface area (Å²) in [4.78, 5) is 0. The van der Waals surface area contributed by atoms with E-state index in [-0.39, 0.29) is 5.41 Å². The Hall–Kier alpha value is -3.30. The molecule has 4 aromatic heterocycles. The largest absolute Gasteiger partial charge is 0.492 e. The zero-order valence-corrected chi connectivity index (χ0v) is 15.2. The van der Waals surface area contributed by atoms with Crippen LogP contribution in [0.15, 0.2) is 23.0 Å². The second kappa shape index (κ2) is 5.60. The van der Waals surface area contributed by atoms with Gasteiger partial charge in [-0.05, 0) is 18.3 Å². The Balaban J connectivity index is 1.86. The molecule has 0 atom stereocenters. The van der Waals surface area contributed by atoms with Crippen molar-refractivity contribution in [2.75, 3.05) is 7.11 Å². The van der Waals surface area contributed by atoms with Crippen molar-refractivity contribution in [1.29, 1.82) is 0 Å². The molecule has 0 aromatic carbocycles. The van der Waals surface area contributed by atoms with E-state index in [9.17, 15) is 0 Å². The molecule has 0 amide bonds. The fourth-order valence-electron chi connectivity index (χ4n) is 3.72. The van der Waals surface area contributed by atoms with Crippen molar-refractivity contribution in [3.05, 3.63) is 24.1 Å². The molecule has 0 saturated heterocycles. The van der Waals surface area contributed by atoms with Gasteiger partial charge in [0.1, 0.15) is 17.7 Å². The van der Waals surface area contributed by atoms with Gasteiger partial charge < -0.3 is 9.26 Å². The Morgan fingerprint density at radius 3 is 2.63 bits per heavy atom. The highest BCUT2D eigenvalue weighted by Gasteiger charge is 2.41. The zero-order valence-electron chi connectivity index (χ0n) is 15.2. The van der Waals surface area contributed by atoms with Gasteiger partial charge in [0.2, 0.25) is 11.5 Å². The molecule has 0 aliphatic heterocycles. The quantitative estimate of drug-likeness (QED) is 0.540. The van der Waals surface area contributed by atoms with Crippen molar-refractivity contribution in [3.63, 3.8) is 0 Å². The van der Waals surface area contributed by atoms with Gasteiger partial charge in [0, 0.05) is 18.7 Å². The minimum atomic E-state index is -0.0487. The Morgan fingerprint density at radius 2 is 2.04 bits per heavy atom. The lowest BCUT2D eigenvalue weighted by Gasteiger charge is -2.40. The smallest absolute Gasteiger partial charge is 0.220 e. The summed E-state index contributed by atoms with van der Waals surface area (Å²) in [6, 6.07) is 1.72. The van der Waals surface area contributed by atoms with Crippen molar-refractivity contribution < 1.29 is 9.26 Å². The molecule has 1 saturated carbocycles. The minimum absolute atomic E-state index is 0.0487. The van der Waals surface area contributed by atoms with Crippen molar-refractivity contribution in [1.82, 2.24) is 40.0 Å². The molecular formula is C17H18N8O2. The first-order valence-corrected chi connectivity index (χ1v) is 8.72. The second-order valence-corrected chi connectivity index (χ2v) is 7.09. The van der Waals surface area contributed by atoms with Gasteiger partial charge in [-0.25, -0.2) is 0 Å². The third kappa shape index (κ3) is 2.25. The molecule has 1 aliphatic rings. The fraction of sp³-hybridized carbons (Fsp3) is 0.412. The molecule has 5 rings (SSSR count). The lowest BCUT2D eigenvalue weighted by Crippen LogP contribution is -2.32. The SMILES string of the molecule is COc1c(C2(C)CCC2)c(-c2cn(C)nn2)nn2c(-c3ccon3)nnc12. The standard InChI is InChI=1S/C17H18N8O2/c1-17(6-4-7-17)12-13(11-9-24(2)23-18-11)21-25-15(10-5-8-27-22-10)19-20-16(25)14(12)26-3/h5,8-9H,4,6-7H2,1-3H3. The number of aryl methyl sites for hydroxylation is 1. The van der Waals surface area contributed by atoms with Gasteiger partial charge in [-0.15, -0.1) is 15.3 Å². The number of hydrogen-bond donors (Lipinski definition) is 0. The van der Waals surface area contributed by atoms with Crippen LogP contribution in [-0.4, -0.2) is 47.1 Å². The van der Waals surface area contributed by atoms with E-state index >= 15 is 0 Å². The van der Waals surface area contributed by atoms with Gasteiger partial charge in [0.25, 0.3) is 0 Å². The fourth-order valence-corrected chi connectivity index (χ4v) is 3.72. The highest BCUT2D eigenvalue weighted by molar-refractivity contribution is 5.72. The summed E-state index contributed by atoms with van der Waals surface area (Å²) in [7, 11) is 3.47. The number of hydrogen-bond acceptors (Lipinski definition) is 8. The van der Waals surface area contributed by atoms with E-state index in [0.717, 1.165) is 24.1 Å². The van der Waals surface area contributed by atoms with E-state index in [2.05, 4.69) is 32.6 Å². The summed E-state index contributed by atoms with van der Waals surface area (Å²) in [5.41, 5.74) is 3.45. The summed E-state index contributed by atoms with van der Waals surface area (Å²) >= 11 is 0. The van der Waals surface area contributed by atoms with Crippen LogP contribution >= 0.6 is 0 Å². The van der Waals surface area contributed by atoms with Crippen LogP contribution in [-0.2, 0) is 12.5 Å². The molecule has 27 heavy (non-hydrogen) atoms. The number of aromatic nitrogens is 8. The molecule has 4 aromatic rings. The van der Waals surface area contributed by atoms with Crippen LogP contribution < -0.4 is 4.74 Å². The molecule has 0 spiro atoms. The van der Waals surface area contributed by atoms with Crippen LogP contribution in [0.1, 0.15) is 31.7 Å². The molecule has 1 aliphatic carbocycles. The van der Waals surface area contributed by atoms with Gasteiger partial charge in [-0.1, -0.05) is 23.7 Å². The summed E-state index contributed by atoms with van der Waals surface area (Å²) < 4.78 is 14.1. The zero-order chi connectivity index (χ0) is 18.6. The van der Waals surface area contributed by atoms with Crippen molar-refractivity contribution in [2.45, 2.75) is 31.6 Å². The summed E-state index contributed by atoms with van der Waals surface area (Å²) in [6.07, 6.45) is 6.61. The van der Waals surface area contributed by atoms with Crippen LogP contribution in [0.25, 0.3) is 28.6 Å². The van der Waals surface area contributed by atoms with E-state index in [1.54, 1.807) is 22.4 Å². The average Bonchev–Trinajstić information content (AvgIpc) is 3.37. The van der Waals surface area contributed by atoms with Crippen LogP contribution in [0.2, 0.25) is 0 Å². The highest BCUT2D eigenvalue weighted by atomic mass is 16.5. The maximum absolute atomic E-state index is 5.82. The molecular weight excluding hydrogens is 348 g/mol. The molecule has 0 bridgehead atoms. The first-order valence-electron chi connectivity index (χ1n) is 8.72. The summed E-state index contributed by atoms with van der Waals surface area (Å²) in [5.74, 6) is 1.14. The first kappa shape index (κ1) is 15.9. The molecule has 1 fully saturated rings. The molecule has 0 N–H and O–H groups in total. The maximum Gasteiger partial charge on any atom is 0.220 e. The topological polar surface area (TPSA) is 109 Å². The minimum Gasteiger partial charge on any atom is -0.492 e. The molecule has 4 heterocycles. The number of methoxy groups -OCH3 is 1. The lowest BCUT2D eigenvalue weighted by atomic mass is 9.65. The number of rotatable bonds is 4. The highest BCUT2D eigenvalue weighted by Crippen LogP contribution is 2.50. The van der Waals surface area contributed by atoms with Gasteiger partial charge in [-0.2, -0.15) is 9.61 Å². The van der Waals surface area contributed by atoms with Crippen LogP contribution in [0.4, 0.5) is 0 Å². The van der Waals surface area contributed by atoms with Gasteiger partial charge in [0.15, 0.2) is 11.4 Å². The van der Waals surface area contributed by atoms with E-state index in [4.69, 9.17) is 14.4 Å². The summed E-state index contributed by atoms with van der Waals surface area (Å²) in [5, 5.41) is 25.7. The predicted octanol–water partition coefficient (Wildman–Crippen LogP) is 2.02. The third-order valence-corrected chi connectivity index (χ3v) is 5.28. The van der Waals surface area contributed by atoms with Crippen molar-refractivity contribution in [3.8, 4) is 28.7 Å². The van der Waals surface area contributed by atoms with Gasteiger partial charge in [0.05, 0.1) is 13.3 Å². The number of ether oxygens (including phenoxy) is 1.